The van der Waals surface area contributed by atoms with Gasteiger partial charge in [-0.05, 0) is 24.6 Å². The summed E-state index contributed by atoms with van der Waals surface area (Å²) in [5.74, 6) is -0.233. The summed E-state index contributed by atoms with van der Waals surface area (Å²) in [5.41, 5.74) is 6.48. The van der Waals surface area contributed by atoms with Crippen LogP contribution in [-0.2, 0) is 9.53 Å². The molecule has 1 aromatic rings. The first-order valence-corrected chi connectivity index (χ1v) is 9.71. The number of carbonyl (C=O) groups excluding carboxylic acids is 1. The molecule has 148 valence electrons. The number of hydrogen-bond acceptors (Lipinski definition) is 4. The molecule has 4 rings (SSSR count). The Labute approximate surface area is 158 Å². The Morgan fingerprint density at radius 1 is 1.26 bits per heavy atom. The highest BCUT2D eigenvalue weighted by Crippen LogP contribution is 2.39. The molecule has 3 aliphatic rings. The van der Waals surface area contributed by atoms with Gasteiger partial charge in [0.2, 0.25) is 5.91 Å². The molecule has 0 aromatic heterocycles. The fourth-order valence-electron chi connectivity index (χ4n) is 4.77. The van der Waals surface area contributed by atoms with E-state index >= 15 is 0 Å². The Morgan fingerprint density at radius 3 is 2.74 bits per heavy atom. The summed E-state index contributed by atoms with van der Waals surface area (Å²) >= 11 is 0. The predicted octanol–water partition coefficient (Wildman–Crippen LogP) is 1.92. The third-order valence-electron chi connectivity index (χ3n) is 6.22. The van der Waals surface area contributed by atoms with E-state index in [-0.39, 0.29) is 23.4 Å². The number of carbonyl (C=O) groups is 1. The normalized spacial score (nSPS) is 33.9. The van der Waals surface area contributed by atoms with Crippen LogP contribution in [0, 0.1) is 23.5 Å². The van der Waals surface area contributed by atoms with E-state index in [1.54, 1.807) is 0 Å². The third kappa shape index (κ3) is 3.37. The maximum atomic E-state index is 14.1. The molecule has 1 aromatic carbocycles. The monoisotopic (exact) mass is 379 g/mol. The molecule has 27 heavy (non-hydrogen) atoms. The smallest absolute Gasteiger partial charge is 0.225 e. The molecular formula is C20H27F2N3O2. The maximum Gasteiger partial charge on any atom is 0.225 e. The van der Waals surface area contributed by atoms with Gasteiger partial charge in [0.05, 0.1) is 6.61 Å². The molecule has 0 spiro atoms. The average Bonchev–Trinajstić information content (AvgIpc) is 2.94. The quantitative estimate of drug-likeness (QED) is 0.872. The molecule has 0 radical (unpaired) electrons. The van der Waals surface area contributed by atoms with Crippen LogP contribution in [0.4, 0.5) is 8.78 Å². The molecule has 3 fully saturated rings. The van der Waals surface area contributed by atoms with E-state index in [1.807, 2.05) is 18.7 Å². The van der Waals surface area contributed by atoms with Gasteiger partial charge in [0.15, 0.2) is 0 Å². The summed E-state index contributed by atoms with van der Waals surface area (Å²) in [6.07, 6.45) is 0.0405. The molecule has 7 heteroatoms. The number of amides is 1. The van der Waals surface area contributed by atoms with Gasteiger partial charge in [-0.2, -0.15) is 0 Å². The highest BCUT2D eigenvalue weighted by molar-refractivity contribution is 5.78. The second-order valence-corrected chi connectivity index (χ2v) is 8.40. The number of hydrogen-bond donors (Lipinski definition) is 1. The van der Waals surface area contributed by atoms with Gasteiger partial charge in [-0.25, -0.2) is 8.78 Å². The van der Waals surface area contributed by atoms with Crippen LogP contribution in [-0.4, -0.2) is 60.1 Å². The van der Waals surface area contributed by atoms with Crippen LogP contribution in [0.15, 0.2) is 18.2 Å². The van der Waals surface area contributed by atoms with Crippen LogP contribution in [0.2, 0.25) is 0 Å². The van der Waals surface area contributed by atoms with Crippen molar-refractivity contribution in [3.05, 3.63) is 35.4 Å². The Bertz CT molecular complexity index is 729. The van der Waals surface area contributed by atoms with Crippen LogP contribution in [0.3, 0.4) is 0 Å². The predicted molar refractivity (Wildman–Crippen MR) is 96.8 cm³/mol. The summed E-state index contributed by atoms with van der Waals surface area (Å²) in [7, 11) is 0. The van der Waals surface area contributed by atoms with E-state index in [0.29, 0.717) is 25.0 Å². The highest BCUT2D eigenvalue weighted by atomic mass is 19.1. The lowest BCUT2D eigenvalue weighted by molar-refractivity contribution is -0.133. The molecule has 0 saturated carbocycles. The van der Waals surface area contributed by atoms with E-state index in [0.717, 1.165) is 31.8 Å². The van der Waals surface area contributed by atoms with Crippen LogP contribution in [0.25, 0.3) is 0 Å². The zero-order valence-electron chi connectivity index (χ0n) is 15.8. The SMILES string of the molecule is CC(C)C(=O)N1CC2CN([C@H]3CO[C@H](c4cc(F)ccc4F)[C@@H](N)C3)C2C1. The Hall–Kier alpha value is -1.57. The molecule has 5 nitrogen and oxygen atoms in total. The first-order chi connectivity index (χ1) is 12.8. The maximum absolute atomic E-state index is 14.1. The fourth-order valence-corrected chi connectivity index (χ4v) is 4.77. The van der Waals surface area contributed by atoms with E-state index in [2.05, 4.69) is 4.90 Å². The zero-order chi connectivity index (χ0) is 19.3. The van der Waals surface area contributed by atoms with E-state index in [1.165, 1.54) is 6.07 Å². The van der Waals surface area contributed by atoms with Crippen molar-refractivity contribution < 1.29 is 18.3 Å². The minimum Gasteiger partial charge on any atom is -0.370 e. The van der Waals surface area contributed by atoms with E-state index in [9.17, 15) is 13.6 Å². The van der Waals surface area contributed by atoms with Crippen LogP contribution in [0.5, 0.6) is 0 Å². The number of halogens is 2. The molecule has 3 heterocycles. The van der Waals surface area contributed by atoms with E-state index < -0.39 is 23.8 Å². The Morgan fingerprint density at radius 2 is 2.04 bits per heavy atom. The van der Waals surface area contributed by atoms with Crippen molar-refractivity contribution >= 4 is 5.91 Å². The van der Waals surface area contributed by atoms with Crippen LogP contribution < -0.4 is 5.73 Å². The Kier molecular flexibility index (Phi) is 4.94. The van der Waals surface area contributed by atoms with Crippen LogP contribution in [0.1, 0.15) is 31.9 Å². The minimum atomic E-state index is -0.628. The number of fused-ring (bicyclic) bond motifs is 1. The lowest BCUT2D eigenvalue weighted by Crippen LogP contribution is -2.63. The van der Waals surface area contributed by atoms with Gasteiger partial charge in [-0.1, -0.05) is 13.8 Å². The van der Waals surface area contributed by atoms with Gasteiger partial charge >= 0.3 is 0 Å². The van der Waals surface area contributed by atoms with Crippen molar-refractivity contribution in [1.29, 1.82) is 0 Å². The summed E-state index contributed by atoms with van der Waals surface area (Å²) in [6, 6.07) is 3.51. The van der Waals surface area contributed by atoms with Crippen molar-refractivity contribution in [2.45, 2.75) is 44.5 Å². The number of rotatable bonds is 3. The van der Waals surface area contributed by atoms with Crippen molar-refractivity contribution in [2.24, 2.45) is 17.6 Å². The van der Waals surface area contributed by atoms with Gasteiger partial charge in [-0.15, -0.1) is 0 Å². The number of ether oxygens (including phenoxy) is 1. The number of benzene rings is 1. The van der Waals surface area contributed by atoms with E-state index in [4.69, 9.17) is 10.5 Å². The topological polar surface area (TPSA) is 58.8 Å². The van der Waals surface area contributed by atoms with Gasteiger partial charge in [0.25, 0.3) is 0 Å². The number of nitrogens with zero attached hydrogens (tertiary/aromatic N) is 2. The molecule has 2 N–H and O–H groups in total. The van der Waals surface area contributed by atoms with Crippen LogP contribution >= 0.6 is 0 Å². The van der Waals surface area contributed by atoms with Gasteiger partial charge in [-0.3, -0.25) is 9.69 Å². The van der Waals surface area contributed by atoms with Crippen molar-refractivity contribution in [3.8, 4) is 0 Å². The number of likely N-dealkylation sites (tertiary alicyclic amines) is 2. The molecule has 1 amide bonds. The minimum absolute atomic E-state index is 0.0179. The summed E-state index contributed by atoms with van der Waals surface area (Å²) < 4.78 is 33.5. The second kappa shape index (κ2) is 7.11. The average molecular weight is 379 g/mol. The first-order valence-electron chi connectivity index (χ1n) is 9.71. The first kappa shape index (κ1) is 18.8. The van der Waals surface area contributed by atoms with Crippen molar-refractivity contribution in [2.75, 3.05) is 26.2 Å². The molecule has 3 aliphatic heterocycles. The number of nitrogens with two attached hydrogens (primary N) is 1. The molecule has 2 unspecified atom stereocenters. The third-order valence-corrected chi connectivity index (χ3v) is 6.22. The molecular weight excluding hydrogens is 352 g/mol. The van der Waals surface area contributed by atoms with Crippen molar-refractivity contribution in [1.82, 2.24) is 9.80 Å². The Balaban J connectivity index is 1.38. The molecule has 0 bridgehead atoms. The summed E-state index contributed by atoms with van der Waals surface area (Å²) in [4.78, 5) is 16.6. The summed E-state index contributed by atoms with van der Waals surface area (Å²) in [5, 5.41) is 0. The zero-order valence-corrected chi connectivity index (χ0v) is 15.8. The van der Waals surface area contributed by atoms with Gasteiger partial charge in [0, 0.05) is 55.2 Å². The lowest BCUT2D eigenvalue weighted by atomic mass is 9.86. The summed E-state index contributed by atoms with van der Waals surface area (Å²) in [6.45, 7) is 6.83. The van der Waals surface area contributed by atoms with Gasteiger partial charge < -0.3 is 15.4 Å². The largest absolute Gasteiger partial charge is 0.370 e. The fraction of sp³-hybridized carbons (Fsp3) is 0.650. The van der Waals surface area contributed by atoms with Gasteiger partial charge in [0.1, 0.15) is 17.7 Å². The van der Waals surface area contributed by atoms with Crippen molar-refractivity contribution in [3.63, 3.8) is 0 Å². The standard InChI is InChI=1S/C20H27F2N3O2/c1-11(2)20(26)24-7-12-8-25(18(12)9-24)14-6-17(23)19(27-10-14)15-5-13(21)3-4-16(15)22/h3-5,11-12,14,17-19H,6-10,23H2,1-2H3/t12?,14-,17+,18?,19-/m1/s1. The molecule has 5 atom stereocenters. The highest BCUT2D eigenvalue weighted by Gasteiger charge is 2.50. The lowest BCUT2D eigenvalue weighted by Gasteiger charge is -2.50. The second-order valence-electron chi connectivity index (χ2n) is 8.40. The molecule has 3 saturated heterocycles. The molecule has 0 aliphatic carbocycles.